The lowest BCUT2D eigenvalue weighted by atomic mass is 9.65. The standard InChI is InChI=1S/C25H25FN2O/c1-24(2)17-25(3,18-9-5-4-6-10-18)21-11-7-8-12-22(21)28(24)23(29)27-20-15-13-19(26)14-16-20/h4-16H,17H2,1-3H3,(H,27,29)/t25-/m1/s1. The predicted molar refractivity (Wildman–Crippen MR) is 116 cm³/mol. The third kappa shape index (κ3) is 3.39. The monoisotopic (exact) mass is 388 g/mol. The van der Waals surface area contributed by atoms with Gasteiger partial charge in [0.05, 0.1) is 5.69 Å². The maximum absolute atomic E-state index is 13.3. The van der Waals surface area contributed by atoms with Gasteiger partial charge in [-0.3, -0.25) is 4.90 Å². The number of rotatable bonds is 2. The lowest BCUT2D eigenvalue weighted by molar-refractivity contribution is 0.243. The van der Waals surface area contributed by atoms with E-state index in [0.717, 1.165) is 17.7 Å². The van der Waals surface area contributed by atoms with E-state index < -0.39 is 5.54 Å². The minimum atomic E-state index is -0.428. The van der Waals surface area contributed by atoms with Crippen LogP contribution in [0, 0.1) is 5.82 Å². The number of carbonyl (C=O) groups is 1. The van der Waals surface area contributed by atoms with Gasteiger partial charge < -0.3 is 5.32 Å². The molecule has 148 valence electrons. The van der Waals surface area contributed by atoms with Gasteiger partial charge >= 0.3 is 6.03 Å². The molecule has 0 saturated carbocycles. The number of anilines is 2. The zero-order valence-corrected chi connectivity index (χ0v) is 16.9. The van der Waals surface area contributed by atoms with E-state index in [2.05, 4.69) is 56.4 Å². The van der Waals surface area contributed by atoms with Crippen LogP contribution in [0.15, 0.2) is 78.9 Å². The van der Waals surface area contributed by atoms with Crippen molar-refractivity contribution in [1.29, 1.82) is 0 Å². The molecule has 0 aromatic heterocycles. The van der Waals surface area contributed by atoms with Crippen LogP contribution in [0.5, 0.6) is 0 Å². The number of hydrogen-bond acceptors (Lipinski definition) is 1. The summed E-state index contributed by atoms with van der Waals surface area (Å²) in [5.41, 5.74) is 3.19. The van der Waals surface area contributed by atoms with Gasteiger partial charge in [-0.2, -0.15) is 0 Å². The van der Waals surface area contributed by atoms with Gasteiger partial charge in [0, 0.05) is 16.6 Å². The Kier molecular flexibility index (Phi) is 4.65. The number of urea groups is 1. The SMILES string of the molecule is CC1(C)C[C@](C)(c2ccccc2)c2ccccc2N1C(=O)Nc1ccc(F)cc1. The van der Waals surface area contributed by atoms with E-state index in [-0.39, 0.29) is 17.3 Å². The van der Waals surface area contributed by atoms with Crippen molar-refractivity contribution >= 4 is 17.4 Å². The first kappa shape index (κ1) is 19.2. The molecule has 0 bridgehead atoms. The van der Waals surface area contributed by atoms with Crippen molar-refractivity contribution in [3.63, 3.8) is 0 Å². The summed E-state index contributed by atoms with van der Waals surface area (Å²) in [6, 6.07) is 24.2. The fourth-order valence-electron chi connectivity index (χ4n) is 4.66. The van der Waals surface area contributed by atoms with Gasteiger partial charge in [-0.15, -0.1) is 0 Å². The molecular formula is C25H25FN2O. The molecule has 1 aliphatic heterocycles. The van der Waals surface area contributed by atoms with Crippen LogP contribution < -0.4 is 10.2 Å². The van der Waals surface area contributed by atoms with Crippen molar-refractivity contribution in [2.45, 2.75) is 38.1 Å². The van der Waals surface area contributed by atoms with Crippen LogP contribution in [0.4, 0.5) is 20.6 Å². The lowest BCUT2D eigenvalue weighted by Gasteiger charge is -2.51. The molecule has 1 heterocycles. The number of para-hydroxylation sites is 1. The Labute approximate surface area is 171 Å². The molecule has 4 rings (SSSR count). The van der Waals surface area contributed by atoms with Gasteiger partial charge in [0.1, 0.15) is 5.82 Å². The number of carbonyl (C=O) groups excluding carboxylic acids is 1. The van der Waals surface area contributed by atoms with Crippen molar-refractivity contribution in [2.24, 2.45) is 0 Å². The molecule has 0 aliphatic carbocycles. The Hall–Kier alpha value is -3.14. The Morgan fingerprint density at radius 3 is 2.21 bits per heavy atom. The van der Waals surface area contributed by atoms with Crippen LogP contribution in [-0.2, 0) is 5.41 Å². The lowest BCUT2D eigenvalue weighted by Crippen LogP contribution is -2.57. The molecule has 3 aromatic carbocycles. The molecule has 3 nitrogen and oxygen atoms in total. The van der Waals surface area contributed by atoms with Crippen LogP contribution in [0.25, 0.3) is 0 Å². The predicted octanol–water partition coefficient (Wildman–Crippen LogP) is 6.35. The third-order valence-corrected chi connectivity index (χ3v) is 5.84. The summed E-state index contributed by atoms with van der Waals surface area (Å²) in [5, 5.41) is 2.92. The maximum atomic E-state index is 13.3. The van der Waals surface area contributed by atoms with Gasteiger partial charge in [0.15, 0.2) is 0 Å². The maximum Gasteiger partial charge on any atom is 0.326 e. The Balaban J connectivity index is 1.78. The number of amides is 2. The second-order valence-corrected chi connectivity index (χ2v) is 8.48. The van der Waals surface area contributed by atoms with Crippen molar-refractivity contribution in [3.05, 3.63) is 95.8 Å². The number of nitrogens with one attached hydrogen (secondary N) is 1. The fourth-order valence-corrected chi connectivity index (χ4v) is 4.66. The molecule has 0 spiro atoms. The molecule has 1 N–H and O–H groups in total. The highest BCUT2D eigenvalue weighted by molar-refractivity contribution is 6.04. The Morgan fingerprint density at radius 1 is 0.897 bits per heavy atom. The van der Waals surface area contributed by atoms with Crippen LogP contribution >= 0.6 is 0 Å². The molecule has 4 heteroatoms. The van der Waals surface area contributed by atoms with Crippen LogP contribution in [-0.4, -0.2) is 11.6 Å². The van der Waals surface area contributed by atoms with E-state index in [4.69, 9.17) is 0 Å². The number of benzene rings is 3. The van der Waals surface area contributed by atoms with E-state index in [1.54, 1.807) is 12.1 Å². The van der Waals surface area contributed by atoms with E-state index in [0.29, 0.717) is 5.69 Å². The molecule has 0 radical (unpaired) electrons. The zero-order chi connectivity index (χ0) is 20.6. The minimum Gasteiger partial charge on any atom is -0.308 e. The second-order valence-electron chi connectivity index (χ2n) is 8.48. The summed E-state index contributed by atoms with van der Waals surface area (Å²) in [7, 11) is 0. The van der Waals surface area contributed by atoms with Crippen LogP contribution in [0.1, 0.15) is 38.3 Å². The largest absolute Gasteiger partial charge is 0.326 e. The van der Waals surface area contributed by atoms with E-state index >= 15 is 0 Å². The summed E-state index contributed by atoms with van der Waals surface area (Å²) in [4.78, 5) is 15.1. The van der Waals surface area contributed by atoms with E-state index in [1.807, 2.05) is 29.2 Å². The Bertz CT molecular complexity index is 1030. The van der Waals surface area contributed by atoms with E-state index in [9.17, 15) is 9.18 Å². The molecule has 3 aromatic rings. The molecule has 0 saturated heterocycles. The first-order valence-corrected chi connectivity index (χ1v) is 9.83. The topological polar surface area (TPSA) is 32.3 Å². The Morgan fingerprint density at radius 2 is 1.52 bits per heavy atom. The van der Waals surface area contributed by atoms with Gasteiger partial charge in [-0.05, 0) is 61.7 Å². The molecule has 0 unspecified atom stereocenters. The quantitative estimate of drug-likeness (QED) is 0.545. The van der Waals surface area contributed by atoms with Crippen LogP contribution in [0.2, 0.25) is 0 Å². The highest BCUT2D eigenvalue weighted by atomic mass is 19.1. The summed E-state index contributed by atoms with van der Waals surface area (Å²) < 4.78 is 13.2. The third-order valence-electron chi connectivity index (χ3n) is 5.84. The average Bonchev–Trinajstić information content (AvgIpc) is 2.70. The number of fused-ring (bicyclic) bond motifs is 1. The van der Waals surface area contributed by atoms with Gasteiger partial charge in [-0.25, -0.2) is 9.18 Å². The second kappa shape index (κ2) is 7.03. The number of hydrogen-bond donors (Lipinski definition) is 1. The normalized spacial score (nSPS) is 20.1. The smallest absolute Gasteiger partial charge is 0.308 e. The average molecular weight is 388 g/mol. The van der Waals surface area contributed by atoms with Crippen molar-refractivity contribution in [2.75, 3.05) is 10.2 Å². The van der Waals surface area contributed by atoms with Gasteiger partial charge in [0.25, 0.3) is 0 Å². The fraction of sp³-hybridized carbons (Fsp3) is 0.240. The van der Waals surface area contributed by atoms with Crippen LogP contribution in [0.3, 0.4) is 0 Å². The van der Waals surface area contributed by atoms with Crippen molar-refractivity contribution < 1.29 is 9.18 Å². The number of nitrogens with zero attached hydrogens (tertiary/aromatic N) is 1. The first-order chi connectivity index (χ1) is 13.8. The summed E-state index contributed by atoms with van der Waals surface area (Å²) in [6.45, 7) is 6.43. The van der Waals surface area contributed by atoms with Crippen molar-refractivity contribution in [3.8, 4) is 0 Å². The minimum absolute atomic E-state index is 0.214. The zero-order valence-electron chi connectivity index (χ0n) is 16.9. The number of halogens is 1. The van der Waals surface area contributed by atoms with Crippen molar-refractivity contribution in [1.82, 2.24) is 0 Å². The highest BCUT2D eigenvalue weighted by Crippen LogP contribution is 2.50. The summed E-state index contributed by atoms with van der Waals surface area (Å²) in [5.74, 6) is -0.328. The van der Waals surface area contributed by atoms with Gasteiger partial charge in [0.2, 0.25) is 0 Å². The molecule has 1 aliphatic rings. The summed E-state index contributed by atoms with van der Waals surface area (Å²) >= 11 is 0. The molecular weight excluding hydrogens is 363 g/mol. The highest BCUT2D eigenvalue weighted by Gasteiger charge is 2.47. The molecule has 29 heavy (non-hydrogen) atoms. The van der Waals surface area contributed by atoms with E-state index in [1.165, 1.54) is 17.7 Å². The molecule has 1 atom stereocenters. The molecule has 0 fully saturated rings. The first-order valence-electron chi connectivity index (χ1n) is 9.83. The summed E-state index contributed by atoms with van der Waals surface area (Å²) in [6.07, 6.45) is 0.776. The van der Waals surface area contributed by atoms with Gasteiger partial charge in [-0.1, -0.05) is 55.5 Å². The molecule has 2 amide bonds.